The summed E-state index contributed by atoms with van der Waals surface area (Å²) >= 11 is 0. The normalized spacial score (nSPS) is 23.4. The number of carbonyl (C=O) groups excluding carboxylic acids is 1. The Morgan fingerprint density at radius 2 is 1.93 bits per heavy atom. The topological polar surface area (TPSA) is 70.4 Å². The molecule has 0 unspecified atom stereocenters. The van der Waals surface area contributed by atoms with Crippen molar-refractivity contribution in [3.63, 3.8) is 0 Å². The van der Waals surface area contributed by atoms with Gasteiger partial charge in [-0.1, -0.05) is 24.3 Å². The highest BCUT2D eigenvalue weighted by Gasteiger charge is 2.45. The standard InChI is InChI=1S/C23H23FN4O2/c24-18-5-7-19(8-6-18)28-13-20(25-15-28)22(30)27-10-9-23(21(29)14-27)11-16-3-1-2-4-17(16)12-26-23/h1-8,13,15,21,26,29H,9-12,14H2/t21-,23+/m1/s1. The van der Waals surface area contributed by atoms with Crippen LogP contribution in [0.3, 0.4) is 0 Å². The highest BCUT2D eigenvalue weighted by atomic mass is 19.1. The largest absolute Gasteiger partial charge is 0.389 e. The van der Waals surface area contributed by atoms with Gasteiger partial charge in [-0.2, -0.15) is 0 Å². The van der Waals surface area contributed by atoms with Crippen molar-refractivity contribution in [1.29, 1.82) is 0 Å². The van der Waals surface area contributed by atoms with Crippen molar-refractivity contribution in [1.82, 2.24) is 19.8 Å². The zero-order valence-electron chi connectivity index (χ0n) is 16.5. The third-order valence-corrected chi connectivity index (χ3v) is 6.33. The van der Waals surface area contributed by atoms with E-state index >= 15 is 0 Å². The smallest absolute Gasteiger partial charge is 0.274 e. The number of likely N-dealkylation sites (tertiary alicyclic amines) is 1. The lowest BCUT2D eigenvalue weighted by atomic mass is 9.76. The number of β-amino-alcohol motifs (C(OH)–C–C–N with tert-alkyl or cyclic N) is 1. The number of nitrogens with zero attached hydrogens (tertiary/aromatic N) is 3. The van der Waals surface area contributed by atoms with Crippen LogP contribution < -0.4 is 5.32 Å². The number of carbonyl (C=O) groups is 1. The summed E-state index contributed by atoms with van der Waals surface area (Å²) in [6.45, 7) is 1.54. The Labute approximate surface area is 174 Å². The van der Waals surface area contributed by atoms with Crippen molar-refractivity contribution in [2.45, 2.75) is 31.0 Å². The van der Waals surface area contributed by atoms with E-state index in [0.717, 1.165) is 18.7 Å². The van der Waals surface area contributed by atoms with Crippen LogP contribution in [0.15, 0.2) is 61.1 Å². The molecule has 2 aromatic carbocycles. The van der Waals surface area contributed by atoms with E-state index in [9.17, 15) is 14.3 Å². The first-order valence-corrected chi connectivity index (χ1v) is 10.1. The number of imidazole rings is 1. The van der Waals surface area contributed by atoms with Crippen molar-refractivity contribution in [3.05, 3.63) is 83.7 Å². The number of aliphatic hydroxyl groups excluding tert-OH is 1. The number of fused-ring (bicyclic) bond motifs is 1. The molecule has 3 aromatic rings. The average molecular weight is 406 g/mol. The number of rotatable bonds is 2. The fraction of sp³-hybridized carbons (Fsp3) is 0.304. The molecule has 154 valence electrons. The predicted molar refractivity (Wildman–Crippen MR) is 110 cm³/mol. The molecule has 1 aromatic heterocycles. The van der Waals surface area contributed by atoms with Crippen molar-refractivity contribution in [3.8, 4) is 5.69 Å². The SMILES string of the molecule is O=C(c1cn(-c2ccc(F)cc2)cn1)N1CC[C@]2(Cc3ccccc3CN2)[C@H](O)C1. The summed E-state index contributed by atoms with van der Waals surface area (Å²) in [6, 6.07) is 14.3. The number of hydrogen-bond acceptors (Lipinski definition) is 4. The molecule has 1 saturated heterocycles. The number of aromatic nitrogens is 2. The molecule has 0 aliphatic carbocycles. The Morgan fingerprint density at radius 3 is 2.70 bits per heavy atom. The zero-order valence-corrected chi connectivity index (χ0v) is 16.5. The first kappa shape index (κ1) is 19.0. The molecule has 0 saturated carbocycles. The van der Waals surface area contributed by atoms with Crippen molar-refractivity contribution < 1.29 is 14.3 Å². The lowest BCUT2D eigenvalue weighted by Crippen LogP contribution is -2.65. The molecule has 2 atom stereocenters. The fourth-order valence-electron chi connectivity index (χ4n) is 4.50. The number of amides is 1. The second-order valence-corrected chi connectivity index (χ2v) is 8.11. The highest BCUT2D eigenvalue weighted by Crippen LogP contribution is 2.32. The van der Waals surface area contributed by atoms with Crippen LogP contribution in [0.2, 0.25) is 0 Å². The van der Waals surface area contributed by atoms with Gasteiger partial charge in [0, 0.05) is 31.5 Å². The Morgan fingerprint density at radius 1 is 1.17 bits per heavy atom. The van der Waals surface area contributed by atoms with E-state index in [4.69, 9.17) is 0 Å². The van der Waals surface area contributed by atoms with E-state index in [1.165, 1.54) is 23.3 Å². The molecule has 3 heterocycles. The summed E-state index contributed by atoms with van der Waals surface area (Å²) < 4.78 is 14.8. The molecule has 2 N–H and O–H groups in total. The summed E-state index contributed by atoms with van der Waals surface area (Å²) in [6.07, 6.45) is 3.95. The number of benzene rings is 2. The number of aliphatic hydroxyl groups is 1. The maximum Gasteiger partial charge on any atom is 0.274 e. The van der Waals surface area contributed by atoms with Crippen molar-refractivity contribution in [2.75, 3.05) is 13.1 Å². The van der Waals surface area contributed by atoms with Crippen LogP contribution >= 0.6 is 0 Å². The first-order valence-electron chi connectivity index (χ1n) is 10.1. The number of halogens is 1. The average Bonchev–Trinajstić information content (AvgIpc) is 3.26. The van der Waals surface area contributed by atoms with Gasteiger partial charge in [0.1, 0.15) is 17.8 Å². The lowest BCUT2D eigenvalue weighted by Gasteiger charge is -2.48. The van der Waals surface area contributed by atoms with E-state index < -0.39 is 11.6 Å². The molecule has 2 aliphatic rings. The van der Waals surface area contributed by atoms with Gasteiger partial charge in [-0.3, -0.25) is 4.79 Å². The molecule has 0 radical (unpaired) electrons. The zero-order chi connectivity index (χ0) is 20.7. The number of hydrogen-bond donors (Lipinski definition) is 2. The molecule has 0 bridgehead atoms. The number of nitrogens with one attached hydrogen (secondary N) is 1. The minimum absolute atomic E-state index is 0.207. The minimum Gasteiger partial charge on any atom is -0.389 e. The summed E-state index contributed by atoms with van der Waals surface area (Å²) in [5.74, 6) is -0.522. The molecule has 5 rings (SSSR count). The minimum atomic E-state index is -0.664. The van der Waals surface area contributed by atoms with Crippen LogP contribution in [0.4, 0.5) is 4.39 Å². The van der Waals surface area contributed by atoms with Gasteiger partial charge in [0.25, 0.3) is 5.91 Å². The molecule has 1 spiro atoms. The Kier molecular flexibility index (Phi) is 4.64. The van der Waals surface area contributed by atoms with Crippen molar-refractivity contribution in [2.24, 2.45) is 0 Å². The van der Waals surface area contributed by atoms with Crippen molar-refractivity contribution >= 4 is 5.91 Å². The van der Waals surface area contributed by atoms with Gasteiger partial charge in [0.15, 0.2) is 0 Å². The van der Waals surface area contributed by atoms with Gasteiger partial charge < -0.3 is 19.9 Å². The molecule has 7 heteroatoms. The summed E-state index contributed by atoms with van der Waals surface area (Å²) in [7, 11) is 0. The number of piperidine rings is 1. The van der Waals surface area contributed by atoms with E-state index in [1.807, 2.05) is 12.1 Å². The summed E-state index contributed by atoms with van der Waals surface area (Å²) in [5, 5.41) is 14.5. The Bertz CT molecular complexity index is 1080. The van der Waals surface area contributed by atoms with Crippen LogP contribution in [0.5, 0.6) is 0 Å². The highest BCUT2D eigenvalue weighted by molar-refractivity contribution is 5.92. The van der Waals surface area contributed by atoms with Gasteiger partial charge in [0.05, 0.1) is 11.6 Å². The van der Waals surface area contributed by atoms with Gasteiger partial charge >= 0.3 is 0 Å². The second kappa shape index (κ2) is 7.34. The predicted octanol–water partition coefficient (Wildman–Crippen LogP) is 2.30. The quantitative estimate of drug-likeness (QED) is 0.685. The fourth-order valence-corrected chi connectivity index (χ4v) is 4.50. The van der Waals surface area contributed by atoms with Crippen LogP contribution in [0.1, 0.15) is 28.0 Å². The van der Waals surface area contributed by atoms with E-state index in [-0.39, 0.29) is 18.3 Å². The van der Waals surface area contributed by atoms with E-state index in [1.54, 1.807) is 34.1 Å². The van der Waals surface area contributed by atoms with Crippen LogP contribution in [0, 0.1) is 5.82 Å². The molecule has 1 fully saturated rings. The molecule has 1 amide bonds. The van der Waals surface area contributed by atoms with E-state index in [2.05, 4.69) is 22.4 Å². The van der Waals surface area contributed by atoms with Crippen LogP contribution in [-0.2, 0) is 13.0 Å². The van der Waals surface area contributed by atoms with E-state index in [0.29, 0.717) is 18.7 Å². The van der Waals surface area contributed by atoms with Gasteiger partial charge in [-0.25, -0.2) is 9.37 Å². The summed E-state index contributed by atoms with van der Waals surface area (Å²) in [5.41, 5.74) is 3.15. The molecular weight excluding hydrogens is 383 g/mol. The van der Waals surface area contributed by atoms with Gasteiger partial charge in [0.2, 0.25) is 0 Å². The third-order valence-electron chi connectivity index (χ3n) is 6.33. The Hall–Kier alpha value is -3.03. The maximum absolute atomic E-state index is 13.1. The molecule has 2 aliphatic heterocycles. The maximum atomic E-state index is 13.1. The second-order valence-electron chi connectivity index (χ2n) is 8.11. The molecular formula is C23H23FN4O2. The van der Waals surface area contributed by atoms with Gasteiger partial charge in [-0.15, -0.1) is 0 Å². The monoisotopic (exact) mass is 406 g/mol. The Balaban J connectivity index is 1.29. The van der Waals surface area contributed by atoms with Crippen LogP contribution in [0.25, 0.3) is 5.69 Å². The first-order chi connectivity index (χ1) is 14.5. The third kappa shape index (κ3) is 3.30. The summed E-state index contributed by atoms with van der Waals surface area (Å²) in [4.78, 5) is 18.9. The molecule has 30 heavy (non-hydrogen) atoms. The molecule has 6 nitrogen and oxygen atoms in total. The van der Waals surface area contributed by atoms with Gasteiger partial charge in [-0.05, 0) is 48.2 Å². The lowest BCUT2D eigenvalue weighted by molar-refractivity contribution is -0.0140. The van der Waals surface area contributed by atoms with Crippen LogP contribution in [-0.4, -0.2) is 50.2 Å².